The zero-order chi connectivity index (χ0) is 27.8. The zero-order valence-electron chi connectivity index (χ0n) is 20.3. The molecule has 0 aromatic carbocycles. The molecule has 206 valence electrons. The van der Waals surface area contributed by atoms with E-state index >= 15 is 0 Å². The first kappa shape index (κ1) is 38.9. The topological polar surface area (TPSA) is 272 Å². The number of cyclic esters (lactones) is 2. The number of carbonyl (C=O) groups excluding carboxylic acids is 4. The van der Waals surface area contributed by atoms with Crippen LogP contribution in [0.1, 0.15) is 41.5 Å². The number of esters is 4. The molecule has 0 saturated carbocycles. The van der Waals surface area contributed by atoms with Crippen LogP contribution in [0, 0.1) is 0 Å². The molecular formula is C19H34O16. The summed E-state index contributed by atoms with van der Waals surface area (Å²) in [6.45, 7) is 7.72. The number of aliphatic hydroxyl groups is 3. The van der Waals surface area contributed by atoms with Crippen molar-refractivity contribution in [1.82, 2.24) is 0 Å². The average Bonchev–Trinajstić information content (AvgIpc) is 2.74. The van der Waals surface area contributed by atoms with Crippen LogP contribution in [-0.4, -0.2) is 111 Å². The monoisotopic (exact) mass is 518 g/mol. The van der Waals surface area contributed by atoms with Gasteiger partial charge < -0.3 is 50.0 Å². The van der Waals surface area contributed by atoms with Crippen molar-refractivity contribution in [2.24, 2.45) is 0 Å². The molecule has 6 atom stereocenters. The lowest BCUT2D eigenvalue weighted by Crippen LogP contribution is -2.40. The molecule has 1 fully saturated rings. The van der Waals surface area contributed by atoms with Gasteiger partial charge in [0.1, 0.15) is 12.2 Å². The van der Waals surface area contributed by atoms with E-state index in [-0.39, 0.29) is 5.48 Å². The Bertz CT molecular complexity index is 666. The van der Waals surface area contributed by atoms with Crippen molar-refractivity contribution in [2.45, 2.75) is 78.2 Å². The molecule has 0 amide bonds. The second kappa shape index (κ2) is 20.1. The molecule has 0 bridgehead atoms. The van der Waals surface area contributed by atoms with Crippen molar-refractivity contribution < 1.29 is 78.7 Å². The zero-order valence-corrected chi connectivity index (χ0v) is 20.3. The van der Waals surface area contributed by atoms with E-state index in [0.717, 1.165) is 7.11 Å². The highest BCUT2D eigenvalue weighted by atomic mass is 16.6. The Morgan fingerprint density at radius 3 is 1.29 bits per heavy atom. The van der Waals surface area contributed by atoms with Gasteiger partial charge in [0, 0.05) is 7.11 Å². The second-order valence-electron chi connectivity index (χ2n) is 6.34. The molecule has 16 nitrogen and oxygen atoms in total. The largest absolute Gasteiger partial charge is 0.479 e. The lowest BCUT2D eigenvalue weighted by Gasteiger charge is -2.22. The van der Waals surface area contributed by atoms with Gasteiger partial charge in [0.05, 0.1) is 0 Å². The molecule has 1 heterocycles. The van der Waals surface area contributed by atoms with Crippen LogP contribution in [-0.2, 0) is 47.7 Å². The lowest BCUT2D eigenvalue weighted by atomic mass is 10.3. The number of carboxylic acids is 2. The molecule has 1 aliphatic rings. The quantitative estimate of drug-likeness (QED) is 0.178. The van der Waals surface area contributed by atoms with Crippen molar-refractivity contribution in [3.8, 4) is 0 Å². The molecule has 1 saturated heterocycles. The Labute approximate surface area is 200 Å². The molecule has 0 aliphatic carbocycles. The van der Waals surface area contributed by atoms with Crippen molar-refractivity contribution in [3.05, 3.63) is 0 Å². The number of aliphatic hydroxyl groups excluding tert-OH is 3. The number of carboxylic acid groups (broad SMARTS) is 2. The Kier molecular flexibility index (Phi) is 22.3. The normalized spacial score (nSPS) is 19.1. The number of ether oxygens (including phenoxy) is 4. The molecule has 35 heavy (non-hydrogen) atoms. The van der Waals surface area contributed by atoms with Gasteiger partial charge >= 0.3 is 35.8 Å². The predicted octanol–water partition coefficient (Wildman–Crippen LogP) is -2.59. The third kappa shape index (κ3) is 18.7. The summed E-state index contributed by atoms with van der Waals surface area (Å²) in [7, 11) is 1.00. The molecule has 0 spiro atoms. The van der Waals surface area contributed by atoms with Gasteiger partial charge in [-0.25, -0.2) is 28.8 Å². The van der Waals surface area contributed by atoms with E-state index in [2.05, 4.69) is 18.9 Å². The van der Waals surface area contributed by atoms with Crippen molar-refractivity contribution in [2.75, 3.05) is 7.11 Å². The van der Waals surface area contributed by atoms with Gasteiger partial charge in [-0.1, -0.05) is 0 Å². The minimum Gasteiger partial charge on any atom is -0.479 e. The Hall–Kier alpha value is -3.34. The van der Waals surface area contributed by atoms with Crippen LogP contribution < -0.4 is 0 Å². The summed E-state index contributed by atoms with van der Waals surface area (Å²) in [6.07, 6.45) is -6.66. The van der Waals surface area contributed by atoms with E-state index in [1.165, 1.54) is 41.5 Å². The fourth-order valence-corrected chi connectivity index (χ4v) is 1.28. The van der Waals surface area contributed by atoms with Crippen LogP contribution in [0.2, 0.25) is 0 Å². The highest BCUT2D eigenvalue weighted by Crippen LogP contribution is 2.08. The second-order valence-corrected chi connectivity index (χ2v) is 6.34. The summed E-state index contributed by atoms with van der Waals surface area (Å²) in [4.78, 5) is 63.2. The third-order valence-corrected chi connectivity index (χ3v) is 3.21. The predicted molar refractivity (Wildman–Crippen MR) is 113 cm³/mol. The molecular weight excluding hydrogens is 484 g/mol. The standard InChI is InChI=1S/C9H14O7.C6H8O4.C3H6O3.CH4O.H2O/c1-4(10)8(13)16-6(3)9(14)15-5(2)7(11)12;1-3-5(7)10-4(2)6(8)9-3;1-2(4)3(5)6;1-2;/h4-6,10H,1-3H3,(H,11,12);3-4H,1-2H3;2,4H,1H3,(H,5,6);2H,1H3;1H2. The van der Waals surface area contributed by atoms with Crippen molar-refractivity contribution >= 4 is 35.8 Å². The van der Waals surface area contributed by atoms with Crippen LogP contribution >= 0.6 is 0 Å². The van der Waals surface area contributed by atoms with Gasteiger partial charge in [-0.15, -0.1) is 0 Å². The SMILES string of the molecule is CC(O)C(=O)O.CC(O)C(=O)OC(C)C(=O)OC(C)C(=O)O.CC1OC(=O)C(C)OC1=O.CO.O. The first-order valence-corrected chi connectivity index (χ1v) is 9.59. The summed E-state index contributed by atoms with van der Waals surface area (Å²) in [5.74, 6) is -5.41. The summed E-state index contributed by atoms with van der Waals surface area (Å²) in [6, 6.07) is 0. The number of carbonyl (C=O) groups is 6. The van der Waals surface area contributed by atoms with Gasteiger partial charge in [-0.2, -0.15) is 0 Å². The van der Waals surface area contributed by atoms with Gasteiger partial charge in [0.25, 0.3) is 0 Å². The van der Waals surface area contributed by atoms with E-state index in [1.54, 1.807) is 0 Å². The maximum Gasteiger partial charge on any atom is 0.347 e. The van der Waals surface area contributed by atoms with Crippen molar-refractivity contribution in [3.63, 3.8) is 0 Å². The summed E-state index contributed by atoms with van der Waals surface area (Å²) in [5, 5.41) is 40.0. The van der Waals surface area contributed by atoms with Crippen LogP contribution in [0.5, 0.6) is 0 Å². The Morgan fingerprint density at radius 1 is 0.714 bits per heavy atom. The van der Waals surface area contributed by atoms with E-state index in [4.69, 9.17) is 25.5 Å². The lowest BCUT2D eigenvalue weighted by molar-refractivity contribution is -0.191. The van der Waals surface area contributed by atoms with Crippen LogP contribution in [0.15, 0.2) is 0 Å². The molecule has 0 aromatic rings. The van der Waals surface area contributed by atoms with Crippen LogP contribution in [0.3, 0.4) is 0 Å². The Balaban J connectivity index is -0.000000216. The fourth-order valence-electron chi connectivity index (χ4n) is 1.28. The van der Waals surface area contributed by atoms with E-state index < -0.39 is 72.4 Å². The highest BCUT2D eigenvalue weighted by Gasteiger charge is 2.32. The number of hydrogen-bond acceptors (Lipinski definition) is 13. The van der Waals surface area contributed by atoms with Gasteiger partial charge in [-0.3, -0.25) is 0 Å². The van der Waals surface area contributed by atoms with Gasteiger partial charge in [0.15, 0.2) is 24.4 Å². The molecule has 7 N–H and O–H groups in total. The average molecular weight is 518 g/mol. The smallest absolute Gasteiger partial charge is 0.347 e. The highest BCUT2D eigenvalue weighted by molar-refractivity contribution is 5.86. The maximum atomic E-state index is 11.2. The fraction of sp³-hybridized carbons (Fsp3) is 0.684. The van der Waals surface area contributed by atoms with Crippen LogP contribution in [0.25, 0.3) is 0 Å². The first-order valence-electron chi connectivity index (χ1n) is 9.59. The number of aliphatic carboxylic acids is 2. The summed E-state index contributed by atoms with van der Waals surface area (Å²) < 4.78 is 18.1. The number of hydrogen-bond donors (Lipinski definition) is 5. The molecule has 0 aromatic heterocycles. The number of rotatable bonds is 6. The maximum absolute atomic E-state index is 11.2. The molecule has 16 heteroatoms. The van der Waals surface area contributed by atoms with E-state index in [9.17, 15) is 28.8 Å². The van der Waals surface area contributed by atoms with E-state index in [0.29, 0.717) is 0 Å². The molecule has 1 rings (SSSR count). The minimum atomic E-state index is -1.35. The molecule has 1 aliphatic heterocycles. The van der Waals surface area contributed by atoms with Crippen molar-refractivity contribution in [1.29, 1.82) is 0 Å². The summed E-state index contributed by atoms with van der Waals surface area (Å²) in [5.41, 5.74) is 0. The minimum absolute atomic E-state index is 0. The third-order valence-electron chi connectivity index (χ3n) is 3.21. The van der Waals surface area contributed by atoms with Gasteiger partial charge in [-0.05, 0) is 41.5 Å². The van der Waals surface area contributed by atoms with Crippen LogP contribution in [0.4, 0.5) is 0 Å². The van der Waals surface area contributed by atoms with Gasteiger partial charge in [0.2, 0.25) is 0 Å². The van der Waals surface area contributed by atoms with E-state index in [1.807, 2.05) is 0 Å². The summed E-state index contributed by atoms with van der Waals surface area (Å²) >= 11 is 0. The molecule has 6 unspecified atom stereocenters. The first-order chi connectivity index (χ1) is 15.5. The molecule has 0 radical (unpaired) electrons. The Morgan fingerprint density at radius 2 is 1.03 bits per heavy atom.